The number of hydrogen-bond acceptors (Lipinski definition) is 6. The number of ether oxygens (including phenoxy) is 3. The number of hydrogen-bond donors (Lipinski definition) is 2. The molecule has 0 unspecified atom stereocenters. The SMILES string of the molecule is COc1ccc(C(=O)OCC(=O)Nc2ccc(C(=O)Nc3ccccc3OC)cc2)cc1. The Bertz CT molecular complexity index is 1090. The predicted molar refractivity (Wildman–Crippen MR) is 119 cm³/mol. The van der Waals surface area contributed by atoms with Crippen LogP contribution in [0.4, 0.5) is 11.4 Å². The number of anilines is 2. The number of amides is 2. The highest BCUT2D eigenvalue weighted by atomic mass is 16.5. The third-order valence-corrected chi connectivity index (χ3v) is 4.45. The van der Waals surface area contributed by atoms with Crippen LogP contribution in [-0.2, 0) is 9.53 Å². The fourth-order valence-electron chi connectivity index (χ4n) is 2.79. The third kappa shape index (κ3) is 5.85. The van der Waals surface area contributed by atoms with Gasteiger partial charge in [0.1, 0.15) is 11.5 Å². The molecule has 2 amide bonds. The molecule has 0 fully saturated rings. The third-order valence-electron chi connectivity index (χ3n) is 4.45. The quantitative estimate of drug-likeness (QED) is 0.524. The molecule has 32 heavy (non-hydrogen) atoms. The zero-order valence-electron chi connectivity index (χ0n) is 17.6. The normalized spacial score (nSPS) is 10.1. The molecule has 8 heteroatoms. The van der Waals surface area contributed by atoms with Gasteiger partial charge in [-0.2, -0.15) is 0 Å². The van der Waals surface area contributed by atoms with Gasteiger partial charge in [-0.25, -0.2) is 4.79 Å². The van der Waals surface area contributed by atoms with Crippen molar-refractivity contribution < 1.29 is 28.6 Å². The molecule has 0 bridgehead atoms. The topological polar surface area (TPSA) is 103 Å². The Labute approximate surface area is 185 Å². The van der Waals surface area contributed by atoms with Crippen molar-refractivity contribution >= 4 is 29.2 Å². The molecular formula is C24H22N2O6. The van der Waals surface area contributed by atoms with Crippen molar-refractivity contribution in [2.45, 2.75) is 0 Å². The first-order valence-electron chi connectivity index (χ1n) is 9.65. The Morgan fingerprint density at radius 2 is 1.41 bits per heavy atom. The van der Waals surface area contributed by atoms with Crippen molar-refractivity contribution in [2.75, 3.05) is 31.5 Å². The molecule has 0 atom stereocenters. The maximum absolute atomic E-state index is 12.4. The Hall–Kier alpha value is -4.33. The van der Waals surface area contributed by atoms with Gasteiger partial charge < -0.3 is 24.8 Å². The lowest BCUT2D eigenvalue weighted by atomic mass is 10.2. The summed E-state index contributed by atoms with van der Waals surface area (Å²) in [6, 6.07) is 19.7. The first-order chi connectivity index (χ1) is 15.5. The summed E-state index contributed by atoms with van der Waals surface area (Å²) in [5, 5.41) is 5.39. The largest absolute Gasteiger partial charge is 0.497 e. The van der Waals surface area contributed by atoms with Gasteiger partial charge in [-0.1, -0.05) is 12.1 Å². The van der Waals surface area contributed by atoms with E-state index >= 15 is 0 Å². The van der Waals surface area contributed by atoms with Crippen LogP contribution in [0.3, 0.4) is 0 Å². The van der Waals surface area contributed by atoms with Crippen LogP contribution in [0.15, 0.2) is 72.8 Å². The van der Waals surface area contributed by atoms with Crippen LogP contribution in [0.2, 0.25) is 0 Å². The van der Waals surface area contributed by atoms with Crippen LogP contribution >= 0.6 is 0 Å². The Morgan fingerprint density at radius 3 is 2.06 bits per heavy atom. The van der Waals surface area contributed by atoms with Crippen molar-refractivity contribution in [1.82, 2.24) is 0 Å². The minimum absolute atomic E-state index is 0.309. The van der Waals surface area contributed by atoms with Crippen LogP contribution in [0, 0.1) is 0 Å². The lowest BCUT2D eigenvalue weighted by molar-refractivity contribution is -0.119. The molecule has 164 valence electrons. The van der Waals surface area contributed by atoms with E-state index in [0.29, 0.717) is 34.0 Å². The first-order valence-corrected chi connectivity index (χ1v) is 9.65. The molecule has 0 radical (unpaired) electrons. The van der Waals surface area contributed by atoms with E-state index in [1.807, 2.05) is 0 Å². The van der Waals surface area contributed by atoms with Crippen LogP contribution < -0.4 is 20.1 Å². The second kappa shape index (κ2) is 10.6. The smallest absolute Gasteiger partial charge is 0.338 e. The van der Waals surface area contributed by atoms with Crippen molar-refractivity contribution in [3.63, 3.8) is 0 Å². The van der Waals surface area contributed by atoms with Crippen LogP contribution in [0.25, 0.3) is 0 Å². The highest BCUT2D eigenvalue weighted by Crippen LogP contribution is 2.24. The Kier molecular flexibility index (Phi) is 7.42. The first kappa shape index (κ1) is 22.4. The standard InChI is InChI=1S/C24H22N2O6/c1-30-19-13-9-17(10-14-19)24(29)32-15-22(27)25-18-11-7-16(8-12-18)23(28)26-20-5-3-4-6-21(20)31-2/h3-14H,15H2,1-2H3,(H,25,27)(H,26,28). The van der Waals surface area contributed by atoms with E-state index in [4.69, 9.17) is 14.2 Å². The van der Waals surface area contributed by atoms with E-state index in [2.05, 4.69) is 10.6 Å². The number of benzene rings is 3. The number of carbonyl (C=O) groups excluding carboxylic acids is 3. The molecular weight excluding hydrogens is 412 g/mol. The average molecular weight is 434 g/mol. The molecule has 3 aromatic carbocycles. The van der Waals surface area contributed by atoms with Crippen molar-refractivity contribution in [3.8, 4) is 11.5 Å². The van der Waals surface area contributed by atoms with E-state index in [1.165, 1.54) is 14.2 Å². The number of nitrogens with one attached hydrogen (secondary N) is 2. The summed E-state index contributed by atoms with van der Waals surface area (Å²) >= 11 is 0. The molecule has 0 aromatic heterocycles. The van der Waals surface area contributed by atoms with Gasteiger partial charge >= 0.3 is 5.97 Å². The number of carbonyl (C=O) groups is 3. The van der Waals surface area contributed by atoms with Gasteiger partial charge in [0.2, 0.25) is 0 Å². The zero-order chi connectivity index (χ0) is 22.9. The maximum atomic E-state index is 12.4. The maximum Gasteiger partial charge on any atom is 0.338 e. The van der Waals surface area contributed by atoms with Gasteiger partial charge in [0, 0.05) is 11.3 Å². The summed E-state index contributed by atoms with van der Waals surface area (Å²) in [5.41, 5.74) is 1.73. The molecule has 0 aliphatic carbocycles. The van der Waals surface area contributed by atoms with Crippen molar-refractivity contribution in [2.24, 2.45) is 0 Å². The summed E-state index contributed by atoms with van der Waals surface area (Å²) in [5.74, 6) is -0.279. The van der Waals surface area contributed by atoms with E-state index < -0.39 is 18.5 Å². The Balaban J connectivity index is 1.51. The summed E-state index contributed by atoms with van der Waals surface area (Å²) in [6.45, 7) is -0.444. The van der Waals surface area contributed by atoms with Gasteiger partial charge in [-0.3, -0.25) is 9.59 Å². The summed E-state index contributed by atoms with van der Waals surface area (Å²) in [7, 11) is 3.05. The molecule has 0 heterocycles. The molecule has 0 aliphatic rings. The molecule has 8 nitrogen and oxygen atoms in total. The van der Waals surface area contributed by atoms with Crippen LogP contribution in [-0.4, -0.2) is 38.6 Å². The summed E-state index contributed by atoms with van der Waals surface area (Å²) in [4.78, 5) is 36.5. The van der Waals surface area contributed by atoms with E-state index in [-0.39, 0.29) is 5.91 Å². The average Bonchev–Trinajstić information content (AvgIpc) is 2.83. The van der Waals surface area contributed by atoms with E-state index in [0.717, 1.165) is 0 Å². The fourth-order valence-corrected chi connectivity index (χ4v) is 2.79. The molecule has 3 rings (SSSR count). The van der Waals surface area contributed by atoms with E-state index in [9.17, 15) is 14.4 Å². The Morgan fingerprint density at radius 1 is 0.750 bits per heavy atom. The molecule has 0 saturated carbocycles. The minimum Gasteiger partial charge on any atom is -0.497 e. The lowest BCUT2D eigenvalue weighted by Gasteiger charge is -2.10. The molecule has 3 aromatic rings. The van der Waals surface area contributed by atoms with E-state index in [1.54, 1.807) is 72.8 Å². The fraction of sp³-hybridized carbons (Fsp3) is 0.125. The number of esters is 1. The monoisotopic (exact) mass is 434 g/mol. The van der Waals surface area contributed by atoms with Crippen molar-refractivity contribution in [1.29, 1.82) is 0 Å². The van der Waals surface area contributed by atoms with Gasteiger partial charge in [-0.05, 0) is 60.7 Å². The predicted octanol–water partition coefficient (Wildman–Crippen LogP) is 3.75. The zero-order valence-corrected chi connectivity index (χ0v) is 17.6. The molecule has 0 aliphatic heterocycles. The number of rotatable bonds is 8. The van der Waals surface area contributed by atoms with Crippen LogP contribution in [0.5, 0.6) is 11.5 Å². The highest BCUT2D eigenvalue weighted by molar-refractivity contribution is 6.05. The van der Waals surface area contributed by atoms with Gasteiger partial charge in [0.25, 0.3) is 11.8 Å². The highest BCUT2D eigenvalue weighted by Gasteiger charge is 2.12. The molecule has 2 N–H and O–H groups in total. The van der Waals surface area contributed by atoms with Crippen molar-refractivity contribution in [3.05, 3.63) is 83.9 Å². The van der Waals surface area contributed by atoms with Gasteiger partial charge in [0.05, 0.1) is 25.5 Å². The summed E-state index contributed by atoms with van der Waals surface area (Å²) < 4.78 is 15.3. The second-order valence-electron chi connectivity index (χ2n) is 6.58. The van der Waals surface area contributed by atoms with Gasteiger partial charge in [-0.15, -0.1) is 0 Å². The van der Waals surface area contributed by atoms with Crippen LogP contribution in [0.1, 0.15) is 20.7 Å². The molecule has 0 saturated heterocycles. The minimum atomic E-state index is -0.619. The summed E-state index contributed by atoms with van der Waals surface area (Å²) in [6.07, 6.45) is 0. The van der Waals surface area contributed by atoms with Gasteiger partial charge in [0.15, 0.2) is 6.61 Å². The number of methoxy groups -OCH3 is 2. The number of para-hydroxylation sites is 2. The lowest BCUT2D eigenvalue weighted by Crippen LogP contribution is -2.21. The molecule has 0 spiro atoms. The second-order valence-corrected chi connectivity index (χ2v) is 6.58.